The Balaban J connectivity index is 2.23. The van der Waals surface area contributed by atoms with E-state index in [9.17, 15) is 9.59 Å². The van der Waals surface area contributed by atoms with Crippen molar-refractivity contribution in [1.82, 2.24) is 5.32 Å². The second-order valence-corrected chi connectivity index (χ2v) is 3.64. The number of hydrogen-bond acceptors (Lipinski definition) is 5. The van der Waals surface area contributed by atoms with E-state index in [4.69, 9.17) is 9.47 Å². The summed E-state index contributed by atoms with van der Waals surface area (Å²) in [6, 6.07) is 6.90. The Kier molecular flexibility index (Phi) is 6.21. The lowest BCUT2D eigenvalue weighted by Gasteiger charge is -2.07. The zero-order chi connectivity index (χ0) is 14.1. The van der Waals surface area contributed by atoms with Crippen LogP contribution in [0.25, 0.3) is 0 Å². The van der Waals surface area contributed by atoms with Crippen LogP contribution in [0, 0.1) is 0 Å². The Labute approximate surface area is 111 Å². The van der Waals surface area contributed by atoms with Gasteiger partial charge in [0.05, 0.1) is 20.6 Å². The molecule has 0 spiro atoms. The molecule has 1 aromatic carbocycles. The monoisotopic (exact) mass is 267 g/mol. The normalized spacial score (nSPS) is 9.58. The molecule has 0 bridgehead atoms. The Morgan fingerprint density at radius 1 is 1.11 bits per heavy atom. The van der Waals surface area contributed by atoms with Gasteiger partial charge >= 0.3 is 5.97 Å². The summed E-state index contributed by atoms with van der Waals surface area (Å²) in [6.45, 7) is 0.130. The Morgan fingerprint density at radius 3 is 2.32 bits per heavy atom. The van der Waals surface area contributed by atoms with Gasteiger partial charge in [0.1, 0.15) is 11.5 Å². The third-order valence-electron chi connectivity index (χ3n) is 2.31. The van der Waals surface area contributed by atoms with Gasteiger partial charge in [0.15, 0.2) is 6.61 Å². The van der Waals surface area contributed by atoms with Gasteiger partial charge in [-0.1, -0.05) is 0 Å². The van der Waals surface area contributed by atoms with Gasteiger partial charge in [-0.2, -0.15) is 0 Å². The standard InChI is InChI=1S/C13H17NO5/c1-17-10-3-5-11(6-4-10)19-9-12(15)14-8-7-13(16)18-2/h3-6H,7-9H2,1-2H3,(H,14,15). The summed E-state index contributed by atoms with van der Waals surface area (Å²) >= 11 is 0. The zero-order valence-corrected chi connectivity index (χ0v) is 11.0. The minimum Gasteiger partial charge on any atom is -0.497 e. The Bertz CT molecular complexity index is 416. The number of carbonyl (C=O) groups is 2. The first-order valence-electron chi connectivity index (χ1n) is 5.76. The summed E-state index contributed by atoms with van der Waals surface area (Å²) in [7, 11) is 2.88. The van der Waals surface area contributed by atoms with Crippen LogP contribution < -0.4 is 14.8 Å². The molecule has 0 radical (unpaired) electrons. The smallest absolute Gasteiger partial charge is 0.307 e. The van der Waals surface area contributed by atoms with Crippen molar-refractivity contribution in [3.63, 3.8) is 0 Å². The van der Waals surface area contributed by atoms with Crippen LogP contribution in [0.5, 0.6) is 11.5 Å². The number of rotatable bonds is 7. The second-order valence-electron chi connectivity index (χ2n) is 3.64. The summed E-state index contributed by atoms with van der Waals surface area (Å²) < 4.78 is 14.7. The molecule has 6 heteroatoms. The van der Waals surface area contributed by atoms with Crippen molar-refractivity contribution in [3.05, 3.63) is 24.3 Å². The van der Waals surface area contributed by atoms with Crippen molar-refractivity contribution in [2.24, 2.45) is 0 Å². The molecular formula is C13H17NO5. The highest BCUT2D eigenvalue weighted by molar-refractivity contribution is 5.78. The molecule has 1 rings (SSSR count). The third kappa shape index (κ3) is 5.76. The number of methoxy groups -OCH3 is 2. The number of amides is 1. The Hall–Kier alpha value is -2.24. The molecule has 19 heavy (non-hydrogen) atoms. The van der Waals surface area contributed by atoms with E-state index in [2.05, 4.69) is 10.1 Å². The fraction of sp³-hybridized carbons (Fsp3) is 0.385. The van der Waals surface area contributed by atoms with Crippen LogP contribution in [0.1, 0.15) is 6.42 Å². The maximum absolute atomic E-state index is 11.4. The van der Waals surface area contributed by atoms with Gasteiger partial charge in [-0.05, 0) is 24.3 Å². The van der Waals surface area contributed by atoms with Crippen LogP contribution in [-0.2, 0) is 14.3 Å². The summed E-state index contributed by atoms with van der Waals surface area (Å²) in [6.07, 6.45) is 0.144. The molecule has 0 aliphatic heterocycles. The van der Waals surface area contributed by atoms with Crippen LogP contribution in [0.15, 0.2) is 24.3 Å². The largest absolute Gasteiger partial charge is 0.497 e. The minimum atomic E-state index is -0.364. The van der Waals surface area contributed by atoms with Crippen molar-refractivity contribution in [3.8, 4) is 11.5 Å². The van der Waals surface area contributed by atoms with E-state index < -0.39 is 0 Å². The van der Waals surface area contributed by atoms with Crippen LogP contribution in [0.3, 0.4) is 0 Å². The van der Waals surface area contributed by atoms with E-state index in [1.807, 2.05) is 0 Å². The summed E-state index contributed by atoms with van der Waals surface area (Å²) in [5.74, 6) is 0.634. The number of ether oxygens (including phenoxy) is 3. The molecule has 0 fully saturated rings. The molecule has 0 aliphatic rings. The highest BCUT2D eigenvalue weighted by Gasteiger charge is 2.05. The van der Waals surface area contributed by atoms with Gasteiger partial charge in [-0.25, -0.2) is 0 Å². The van der Waals surface area contributed by atoms with E-state index in [-0.39, 0.29) is 31.4 Å². The van der Waals surface area contributed by atoms with Gasteiger partial charge in [-0.15, -0.1) is 0 Å². The fourth-order valence-corrected chi connectivity index (χ4v) is 1.28. The molecule has 0 aromatic heterocycles. The van der Waals surface area contributed by atoms with Crippen molar-refractivity contribution in [1.29, 1.82) is 0 Å². The van der Waals surface area contributed by atoms with Gasteiger partial charge in [-0.3, -0.25) is 9.59 Å². The fourth-order valence-electron chi connectivity index (χ4n) is 1.28. The van der Waals surface area contributed by atoms with Gasteiger partial charge < -0.3 is 19.5 Å². The maximum Gasteiger partial charge on any atom is 0.307 e. The lowest BCUT2D eigenvalue weighted by atomic mass is 10.3. The van der Waals surface area contributed by atoms with E-state index in [0.29, 0.717) is 5.75 Å². The quantitative estimate of drug-likeness (QED) is 0.738. The molecule has 1 aromatic rings. The number of hydrogen-bond donors (Lipinski definition) is 1. The molecule has 0 saturated carbocycles. The van der Waals surface area contributed by atoms with Crippen LogP contribution in [0.2, 0.25) is 0 Å². The molecule has 1 N–H and O–H groups in total. The molecular weight excluding hydrogens is 250 g/mol. The topological polar surface area (TPSA) is 73.9 Å². The molecule has 0 atom stereocenters. The molecule has 0 aliphatic carbocycles. The van der Waals surface area contributed by atoms with Gasteiger partial charge in [0, 0.05) is 6.54 Å². The lowest BCUT2D eigenvalue weighted by molar-refractivity contribution is -0.140. The first kappa shape index (κ1) is 14.8. The zero-order valence-electron chi connectivity index (χ0n) is 11.0. The molecule has 104 valence electrons. The van der Waals surface area contributed by atoms with Gasteiger partial charge in [0.2, 0.25) is 0 Å². The third-order valence-corrected chi connectivity index (χ3v) is 2.31. The second kappa shape index (κ2) is 7.97. The molecule has 6 nitrogen and oxygen atoms in total. The summed E-state index contributed by atoms with van der Waals surface area (Å²) in [4.78, 5) is 22.2. The first-order valence-corrected chi connectivity index (χ1v) is 5.76. The van der Waals surface area contributed by atoms with Crippen molar-refractivity contribution in [2.75, 3.05) is 27.4 Å². The minimum absolute atomic E-state index is 0.104. The summed E-state index contributed by atoms with van der Waals surface area (Å²) in [5.41, 5.74) is 0. The van der Waals surface area contributed by atoms with Crippen LogP contribution in [0.4, 0.5) is 0 Å². The van der Waals surface area contributed by atoms with Crippen molar-refractivity contribution in [2.45, 2.75) is 6.42 Å². The van der Waals surface area contributed by atoms with Gasteiger partial charge in [0.25, 0.3) is 5.91 Å². The average Bonchev–Trinajstić information content (AvgIpc) is 2.45. The van der Waals surface area contributed by atoms with Crippen molar-refractivity contribution >= 4 is 11.9 Å². The van der Waals surface area contributed by atoms with E-state index in [1.165, 1.54) is 7.11 Å². The highest BCUT2D eigenvalue weighted by Crippen LogP contribution is 2.16. The maximum atomic E-state index is 11.4. The molecule has 0 unspecified atom stereocenters. The molecule has 0 saturated heterocycles. The molecule has 0 heterocycles. The highest BCUT2D eigenvalue weighted by atomic mass is 16.5. The predicted molar refractivity (Wildman–Crippen MR) is 68.1 cm³/mol. The first-order chi connectivity index (χ1) is 9.15. The number of benzene rings is 1. The lowest BCUT2D eigenvalue weighted by Crippen LogP contribution is -2.30. The van der Waals surface area contributed by atoms with E-state index in [0.717, 1.165) is 5.75 Å². The number of nitrogens with one attached hydrogen (secondary N) is 1. The number of carbonyl (C=O) groups excluding carboxylic acids is 2. The van der Waals surface area contributed by atoms with Crippen molar-refractivity contribution < 1.29 is 23.8 Å². The van der Waals surface area contributed by atoms with Crippen LogP contribution in [-0.4, -0.2) is 39.2 Å². The molecule has 1 amide bonds. The SMILES string of the molecule is COC(=O)CCNC(=O)COc1ccc(OC)cc1. The average molecular weight is 267 g/mol. The number of esters is 1. The summed E-state index contributed by atoms with van der Waals surface area (Å²) in [5, 5.41) is 2.55. The van der Waals surface area contributed by atoms with E-state index >= 15 is 0 Å². The Morgan fingerprint density at radius 2 is 1.74 bits per heavy atom. The van der Waals surface area contributed by atoms with Crippen LogP contribution >= 0.6 is 0 Å². The predicted octanol–water partition coefficient (Wildman–Crippen LogP) is 0.753. The van der Waals surface area contributed by atoms with E-state index in [1.54, 1.807) is 31.4 Å².